The lowest BCUT2D eigenvalue weighted by Crippen LogP contribution is -2.61. The predicted octanol–water partition coefficient (Wildman–Crippen LogP) is -2.55. The fourth-order valence-electron chi connectivity index (χ4n) is 2.48. The first-order chi connectivity index (χ1) is 9.92. The van der Waals surface area contributed by atoms with Crippen LogP contribution in [0.5, 0.6) is 0 Å². The number of ether oxygens (including phenoxy) is 4. The third kappa shape index (κ3) is 3.97. The van der Waals surface area contributed by atoms with Gasteiger partial charge in [0.25, 0.3) is 5.09 Å². The Kier molecular flexibility index (Phi) is 5.27. The van der Waals surface area contributed by atoms with Crippen LogP contribution >= 0.6 is 0 Å². The van der Waals surface area contributed by atoms with Gasteiger partial charge in [-0.1, -0.05) is 0 Å². The van der Waals surface area contributed by atoms with Crippen LogP contribution in [0.4, 0.5) is 0 Å². The van der Waals surface area contributed by atoms with E-state index in [0.717, 1.165) is 0 Å². The molecule has 4 N–H and O–H groups in total. The maximum Gasteiger partial charge on any atom is 0.291 e. The molecule has 11 heteroatoms. The Hall–Kier alpha value is -1.08. The minimum atomic E-state index is -1.50. The summed E-state index contributed by atoms with van der Waals surface area (Å²) >= 11 is 0. The molecule has 0 saturated carbocycles. The van der Waals surface area contributed by atoms with E-state index in [1.165, 1.54) is 0 Å². The van der Waals surface area contributed by atoms with Gasteiger partial charge in [-0.3, -0.25) is 5.32 Å². The second-order valence-electron chi connectivity index (χ2n) is 4.84. The monoisotopic (exact) mass is 310 g/mol. The lowest BCUT2D eigenvalue weighted by Gasteiger charge is -2.34. The number of fused-ring (bicyclic) bond motifs is 1. The van der Waals surface area contributed by atoms with Crippen LogP contribution in [0.3, 0.4) is 0 Å². The Labute approximate surface area is 119 Å². The molecule has 0 spiro atoms. The van der Waals surface area contributed by atoms with E-state index in [1.54, 1.807) is 0 Å². The Morgan fingerprint density at radius 1 is 1.24 bits per heavy atom. The first-order valence-corrected chi connectivity index (χ1v) is 6.36. The Bertz CT molecular complexity index is 360. The second kappa shape index (κ2) is 6.79. The molecule has 3 heterocycles. The zero-order valence-corrected chi connectivity index (χ0v) is 11.1. The van der Waals surface area contributed by atoms with Crippen molar-refractivity contribution >= 4 is 0 Å². The van der Waals surface area contributed by atoms with Crippen molar-refractivity contribution in [2.75, 3.05) is 33.0 Å². The highest BCUT2D eigenvalue weighted by molar-refractivity contribution is 5.03. The van der Waals surface area contributed by atoms with E-state index < -0.39 is 29.1 Å². The zero-order valence-electron chi connectivity index (χ0n) is 11.1. The number of hydrogen-bond acceptors (Lipinski definition) is 9. The van der Waals surface area contributed by atoms with Gasteiger partial charge in [-0.15, -0.1) is 10.1 Å². The predicted molar refractivity (Wildman–Crippen MR) is 62.9 cm³/mol. The van der Waals surface area contributed by atoms with Gasteiger partial charge >= 0.3 is 0 Å². The van der Waals surface area contributed by atoms with Gasteiger partial charge in [0.1, 0.15) is 24.5 Å². The molecule has 3 saturated heterocycles. The molecule has 0 amide bonds. The second-order valence-corrected chi connectivity index (χ2v) is 4.84. The highest BCUT2D eigenvalue weighted by Gasteiger charge is 2.56. The van der Waals surface area contributed by atoms with Crippen molar-refractivity contribution < 1.29 is 39.5 Å². The summed E-state index contributed by atoms with van der Waals surface area (Å²) in [7, 11) is 0. The van der Waals surface area contributed by atoms with Crippen LogP contribution in [0.15, 0.2) is 0 Å². The summed E-state index contributed by atoms with van der Waals surface area (Å²) in [6, 6.07) is 0. The van der Waals surface area contributed by atoms with Crippen molar-refractivity contribution in [1.29, 1.82) is 0 Å². The van der Waals surface area contributed by atoms with Crippen molar-refractivity contribution in [3.05, 3.63) is 10.1 Å². The average molecular weight is 310 g/mol. The van der Waals surface area contributed by atoms with Crippen LogP contribution in [0.2, 0.25) is 0 Å². The van der Waals surface area contributed by atoms with Crippen molar-refractivity contribution in [2.45, 2.75) is 30.3 Å². The Balaban J connectivity index is 0.000000361. The fraction of sp³-hybridized carbons (Fsp3) is 1.00. The van der Waals surface area contributed by atoms with E-state index >= 15 is 0 Å². The molecular weight excluding hydrogens is 292 g/mol. The molecular formula is C10H18N2O9. The molecule has 0 aromatic heterocycles. The number of aliphatic hydroxyl groups excluding tert-OH is 1. The average Bonchev–Trinajstić information content (AvgIpc) is 2.93. The summed E-state index contributed by atoms with van der Waals surface area (Å²) in [5, 5.41) is 36.6. The number of hydrogen-bond donors (Lipinski definition) is 4. The molecule has 3 aliphatic heterocycles. The number of nitrogens with one attached hydrogen (secondary N) is 1. The van der Waals surface area contributed by atoms with E-state index in [-0.39, 0.29) is 19.4 Å². The normalized spacial score (nSPS) is 42.0. The van der Waals surface area contributed by atoms with Gasteiger partial charge in [-0.05, 0) is 0 Å². The smallest absolute Gasteiger partial charge is 0.291 e. The maximum atomic E-state index is 10.4. The van der Waals surface area contributed by atoms with Crippen molar-refractivity contribution in [1.82, 2.24) is 5.32 Å². The lowest BCUT2D eigenvalue weighted by atomic mass is 10.0. The number of aliphatic hydroxyl groups is 2. The van der Waals surface area contributed by atoms with E-state index in [0.29, 0.717) is 19.8 Å². The highest BCUT2D eigenvalue weighted by atomic mass is 16.9. The third-order valence-electron chi connectivity index (χ3n) is 3.32. The minimum Gasteiger partial charge on any atom is -0.388 e. The first kappa shape index (κ1) is 16.3. The van der Waals surface area contributed by atoms with Crippen LogP contribution in [0.1, 0.15) is 0 Å². The van der Waals surface area contributed by atoms with Gasteiger partial charge in [-0.25, -0.2) is 0 Å². The molecule has 0 aliphatic carbocycles. The summed E-state index contributed by atoms with van der Waals surface area (Å²) in [5.41, 5.74) is -1.33. The van der Waals surface area contributed by atoms with Gasteiger partial charge in [0.15, 0.2) is 5.72 Å². The van der Waals surface area contributed by atoms with Crippen LogP contribution in [-0.2, 0) is 18.9 Å². The summed E-state index contributed by atoms with van der Waals surface area (Å²) in [6.07, 6.45) is -2.10. The largest absolute Gasteiger partial charge is 0.388 e. The number of rotatable bonds is 2. The van der Waals surface area contributed by atoms with Gasteiger partial charge in [0, 0.05) is 0 Å². The Morgan fingerprint density at radius 2 is 1.95 bits per heavy atom. The summed E-state index contributed by atoms with van der Waals surface area (Å²) in [5.74, 6) is 0. The van der Waals surface area contributed by atoms with Gasteiger partial charge < -0.3 is 34.4 Å². The van der Waals surface area contributed by atoms with Crippen LogP contribution < -0.4 is 5.32 Å². The van der Waals surface area contributed by atoms with E-state index in [9.17, 15) is 10.2 Å². The molecule has 3 aliphatic rings. The van der Waals surface area contributed by atoms with Crippen LogP contribution in [0.25, 0.3) is 0 Å². The van der Waals surface area contributed by atoms with Gasteiger partial charge in [0.05, 0.1) is 33.0 Å². The molecule has 0 bridgehead atoms. The van der Waals surface area contributed by atoms with Crippen molar-refractivity contribution in [3.8, 4) is 0 Å². The zero-order chi connectivity index (χ0) is 15.5. The molecule has 1 unspecified atom stereocenters. The molecule has 0 aromatic rings. The number of nitrogens with zero attached hydrogens (tertiary/aromatic N) is 1. The van der Waals surface area contributed by atoms with E-state index in [4.69, 9.17) is 34.3 Å². The molecule has 11 nitrogen and oxygen atoms in total. The SMILES string of the molecule is O=[N+]([O-])O.O[C@@H]1CO[C@H]2[C@@H]1OC[C@]2(O)NC1COCCO1. The molecule has 0 radical (unpaired) electrons. The summed E-state index contributed by atoms with van der Waals surface area (Å²) in [4.78, 5) is 8.36. The minimum absolute atomic E-state index is 0.0687. The van der Waals surface area contributed by atoms with E-state index in [2.05, 4.69) is 5.32 Å². The van der Waals surface area contributed by atoms with Crippen LogP contribution in [-0.4, -0.2) is 83.8 Å². The molecule has 0 aromatic carbocycles. The standard InChI is InChI=1S/C10H17NO6.HNO3/c12-6-3-16-9-8(6)17-5-10(9,13)11-7-4-14-1-2-15-7;2-1(3)4/h6-9,11-13H,1-5H2;(H,2,3,4)/t6-,7?,8-,9+,10-;/m1./s1. The summed E-state index contributed by atoms with van der Waals surface area (Å²) in [6.45, 7) is 1.68. The Morgan fingerprint density at radius 3 is 2.57 bits per heavy atom. The van der Waals surface area contributed by atoms with Crippen LogP contribution in [0, 0.1) is 10.1 Å². The third-order valence-corrected chi connectivity index (χ3v) is 3.32. The molecule has 122 valence electrons. The molecule has 3 fully saturated rings. The molecule has 5 atom stereocenters. The lowest BCUT2D eigenvalue weighted by molar-refractivity contribution is -0.742. The topological polar surface area (TPSA) is 153 Å². The van der Waals surface area contributed by atoms with E-state index in [1.807, 2.05) is 0 Å². The maximum absolute atomic E-state index is 10.4. The van der Waals surface area contributed by atoms with Gasteiger partial charge in [0.2, 0.25) is 0 Å². The van der Waals surface area contributed by atoms with Crippen molar-refractivity contribution in [3.63, 3.8) is 0 Å². The summed E-state index contributed by atoms with van der Waals surface area (Å²) < 4.78 is 21.4. The molecule has 3 rings (SSSR count). The highest BCUT2D eigenvalue weighted by Crippen LogP contribution is 2.33. The molecule has 21 heavy (non-hydrogen) atoms. The van der Waals surface area contributed by atoms with Gasteiger partial charge in [-0.2, -0.15) is 0 Å². The first-order valence-electron chi connectivity index (χ1n) is 6.36. The van der Waals surface area contributed by atoms with Crippen molar-refractivity contribution in [2.24, 2.45) is 0 Å². The fourth-order valence-corrected chi connectivity index (χ4v) is 2.48. The quantitative estimate of drug-likeness (QED) is 0.243.